The molecule has 1 saturated carbocycles. The van der Waals surface area contributed by atoms with Crippen LogP contribution in [0.5, 0.6) is 0 Å². The molecule has 110 valence electrons. The monoisotopic (exact) mass is 295 g/mol. The largest absolute Gasteiger partial charge is 0.353 e. The first kappa shape index (κ1) is 15.4. The van der Waals surface area contributed by atoms with Crippen molar-refractivity contribution >= 4 is 17.7 Å². The molecule has 2 rings (SSSR count). The number of hydrogen-bond acceptors (Lipinski definition) is 2. The Morgan fingerprint density at radius 2 is 2.10 bits per heavy atom. The van der Waals surface area contributed by atoms with Gasteiger partial charge in [-0.2, -0.15) is 0 Å². The van der Waals surface area contributed by atoms with Gasteiger partial charge in [0.1, 0.15) is 5.82 Å². The molecular weight excluding hydrogens is 273 g/mol. The van der Waals surface area contributed by atoms with Gasteiger partial charge in [-0.1, -0.05) is 26.0 Å². The van der Waals surface area contributed by atoms with Crippen molar-refractivity contribution in [2.45, 2.75) is 44.9 Å². The number of carbonyl (C=O) groups excluding carboxylic acids is 1. The normalized spacial score (nSPS) is 20.9. The molecule has 0 bridgehead atoms. The molecule has 1 unspecified atom stereocenters. The Balaban J connectivity index is 1.67. The van der Waals surface area contributed by atoms with Crippen molar-refractivity contribution in [3.8, 4) is 0 Å². The van der Waals surface area contributed by atoms with Gasteiger partial charge >= 0.3 is 0 Å². The molecule has 1 aliphatic rings. The average Bonchev–Trinajstić information content (AvgIpc) is 2.71. The summed E-state index contributed by atoms with van der Waals surface area (Å²) in [4.78, 5) is 11.9. The van der Waals surface area contributed by atoms with E-state index in [1.807, 2.05) is 0 Å². The summed E-state index contributed by atoms with van der Waals surface area (Å²) in [5.41, 5.74) is 1.41. The Hall–Kier alpha value is -1.03. The Labute approximate surface area is 124 Å². The zero-order valence-corrected chi connectivity index (χ0v) is 12.9. The quantitative estimate of drug-likeness (QED) is 0.896. The first-order valence-corrected chi connectivity index (χ1v) is 8.22. The van der Waals surface area contributed by atoms with Gasteiger partial charge in [0.2, 0.25) is 5.91 Å². The molecule has 4 heteroatoms. The fourth-order valence-corrected chi connectivity index (χ4v) is 3.47. The molecular formula is C16H22FNOS. The maximum atomic E-state index is 12.8. The van der Waals surface area contributed by atoms with E-state index >= 15 is 0 Å². The van der Waals surface area contributed by atoms with Crippen LogP contribution in [-0.2, 0) is 10.5 Å². The lowest BCUT2D eigenvalue weighted by Gasteiger charge is -2.17. The number of amides is 1. The molecule has 20 heavy (non-hydrogen) atoms. The van der Waals surface area contributed by atoms with Crippen LogP contribution in [0.4, 0.5) is 4.39 Å². The topological polar surface area (TPSA) is 29.1 Å². The Kier molecular flexibility index (Phi) is 5.08. The van der Waals surface area contributed by atoms with E-state index in [-0.39, 0.29) is 11.7 Å². The van der Waals surface area contributed by atoms with Crippen LogP contribution >= 0.6 is 11.8 Å². The van der Waals surface area contributed by atoms with Crippen molar-refractivity contribution < 1.29 is 9.18 Å². The Morgan fingerprint density at radius 1 is 1.40 bits per heavy atom. The van der Waals surface area contributed by atoms with E-state index in [1.165, 1.54) is 18.6 Å². The van der Waals surface area contributed by atoms with Crippen molar-refractivity contribution in [3.63, 3.8) is 0 Å². The lowest BCUT2D eigenvalue weighted by molar-refractivity contribution is -0.119. The van der Waals surface area contributed by atoms with Crippen LogP contribution < -0.4 is 5.32 Å². The van der Waals surface area contributed by atoms with Gasteiger partial charge in [0.25, 0.3) is 0 Å². The Bertz CT molecular complexity index is 458. The first-order chi connectivity index (χ1) is 9.44. The summed E-state index contributed by atoms with van der Waals surface area (Å²) in [6.07, 6.45) is 3.34. The highest BCUT2D eigenvalue weighted by atomic mass is 32.2. The third-order valence-corrected chi connectivity index (χ3v) is 4.75. The highest BCUT2D eigenvalue weighted by Gasteiger charge is 2.31. The van der Waals surface area contributed by atoms with Crippen LogP contribution in [0.25, 0.3) is 0 Å². The maximum Gasteiger partial charge on any atom is 0.230 e. The first-order valence-electron chi connectivity index (χ1n) is 7.06. The van der Waals surface area contributed by atoms with E-state index in [1.54, 1.807) is 23.9 Å². The summed E-state index contributed by atoms with van der Waals surface area (Å²) >= 11 is 1.57. The zero-order valence-electron chi connectivity index (χ0n) is 12.1. The van der Waals surface area contributed by atoms with E-state index in [2.05, 4.69) is 19.2 Å². The smallest absolute Gasteiger partial charge is 0.230 e. The molecule has 0 aromatic heterocycles. The fourth-order valence-electron chi connectivity index (χ4n) is 2.67. The van der Waals surface area contributed by atoms with Crippen LogP contribution in [0.1, 0.15) is 38.7 Å². The minimum Gasteiger partial charge on any atom is -0.353 e. The molecule has 0 aliphatic heterocycles. The van der Waals surface area contributed by atoms with Crippen molar-refractivity contribution in [2.75, 3.05) is 5.75 Å². The van der Waals surface area contributed by atoms with Crippen LogP contribution in [0.15, 0.2) is 24.3 Å². The molecule has 0 radical (unpaired) electrons. The van der Waals surface area contributed by atoms with Crippen molar-refractivity contribution in [1.82, 2.24) is 5.32 Å². The molecule has 1 atom stereocenters. The van der Waals surface area contributed by atoms with Crippen LogP contribution in [-0.4, -0.2) is 17.7 Å². The number of hydrogen-bond donors (Lipinski definition) is 1. The number of benzene rings is 1. The van der Waals surface area contributed by atoms with Crippen LogP contribution in [0.3, 0.4) is 0 Å². The summed E-state index contributed by atoms with van der Waals surface area (Å²) in [5, 5.41) is 3.11. The summed E-state index contributed by atoms with van der Waals surface area (Å²) in [7, 11) is 0. The number of rotatable bonds is 5. The molecule has 0 spiro atoms. The van der Waals surface area contributed by atoms with E-state index in [0.29, 0.717) is 17.2 Å². The van der Waals surface area contributed by atoms with E-state index in [9.17, 15) is 9.18 Å². The molecule has 1 aromatic rings. The van der Waals surface area contributed by atoms with Gasteiger partial charge in [-0.05, 0) is 42.4 Å². The van der Waals surface area contributed by atoms with Gasteiger partial charge in [0, 0.05) is 11.8 Å². The molecule has 0 saturated heterocycles. The molecule has 0 heterocycles. The van der Waals surface area contributed by atoms with E-state index in [0.717, 1.165) is 24.2 Å². The summed E-state index contributed by atoms with van der Waals surface area (Å²) in [6, 6.07) is 6.77. The summed E-state index contributed by atoms with van der Waals surface area (Å²) in [6.45, 7) is 4.50. The second-order valence-electron chi connectivity index (χ2n) is 6.29. The maximum absolute atomic E-state index is 12.8. The Morgan fingerprint density at radius 3 is 2.70 bits per heavy atom. The number of carbonyl (C=O) groups is 1. The van der Waals surface area contributed by atoms with Crippen molar-refractivity contribution in [3.05, 3.63) is 35.6 Å². The van der Waals surface area contributed by atoms with Crippen molar-refractivity contribution in [2.24, 2.45) is 5.41 Å². The standard InChI is InChI=1S/C16H22FNOS/c1-16(2)8-7-14(9-16)18-15(19)11-20-10-12-3-5-13(17)6-4-12/h3-6,14H,7-11H2,1-2H3,(H,18,19). The molecule has 1 amide bonds. The molecule has 1 fully saturated rings. The fraction of sp³-hybridized carbons (Fsp3) is 0.562. The lowest BCUT2D eigenvalue weighted by atomic mass is 9.92. The van der Waals surface area contributed by atoms with E-state index < -0.39 is 0 Å². The number of nitrogens with one attached hydrogen (secondary N) is 1. The molecule has 1 N–H and O–H groups in total. The van der Waals surface area contributed by atoms with E-state index in [4.69, 9.17) is 0 Å². The predicted molar refractivity (Wildman–Crippen MR) is 82.1 cm³/mol. The van der Waals surface area contributed by atoms with Gasteiger partial charge < -0.3 is 5.32 Å². The molecule has 1 aliphatic carbocycles. The minimum atomic E-state index is -0.222. The lowest BCUT2D eigenvalue weighted by Crippen LogP contribution is -2.34. The molecule has 2 nitrogen and oxygen atoms in total. The summed E-state index contributed by atoms with van der Waals surface area (Å²) in [5.74, 6) is 1.10. The van der Waals surface area contributed by atoms with Gasteiger partial charge in [-0.25, -0.2) is 4.39 Å². The average molecular weight is 295 g/mol. The minimum absolute atomic E-state index is 0.111. The van der Waals surface area contributed by atoms with Gasteiger partial charge in [-0.15, -0.1) is 11.8 Å². The molecule has 1 aromatic carbocycles. The predicted octanol–water partition coefficient (Wildman–Crippen LogP) is 3.75. The van der Waals surface area contributed by atoms with Crippen molar-refractivity contribution in [1.29, 1.82) is 0 Å². The SMILES string of the molecule is CC1(C)CCC(NC(=O)CSCc2ccc(F)cc2)C1. The summed E-state index contributed by atoms with van der Waals surface area (Å²) < 4.78 is 12.8. The van der Waals surface area contributed by atoms with Gasteiger partial charge in [-0.3, -0.25) is 4.79 Å². The third-order valence-electron chi connectivity index (χ3n) is 3.75. The van der Waals surface area contributed by atoms with Crippen LogP contribution in [0.2, 0.25) is 0 Å². The highest BCUT2D eigenvalue weighted by molar-refractivity contribution is 7.99. The number of thioether (sulfide) groups is 1. The van der Waals surface area contributed by atoms with Gasteiger partial charge in [0.15, 0.2) is 0 Å². The number of halogens is 1. The second-order valence-corrected chi connectivity index (χ2v) is 7.28. The highest BCUT2D eigenvalue weighted by Crippen LogP contribution is 2.36. The third kappa shape index (κ3) is 4.82. The zero-order chi connectivity index (χ0) is 14.6. The van der Waals surface area contributed by atoms with Crippen LogP contribution in [0, 0.1) is 11.2 Å². The van der Waals surface area contributed by atoms with Gasteiger partial charge in [0.05, 0.1) is 5.75 Å². The second kappa shape index (κ2) is 6.61.